The van der Waals surface area contributed by atoms with Crippen LogP contribution in [0.3, 0.4) is 0 Å². The Morgan fingerprint density at radius 2 is 1.80 bits per heavy atom. The molecule has 0 N–H and O–H groups in total. The molecule has 3 aromatic rings. The van der Waals surface area contributed by atoms with Gasteiger partial charge in [-0.1, -0.05) is 25.5 Å². The van der Waals surface area contributed by atoms with E-state index in [-0.39, 0.29) is 11.7 Å². The summed E-state index contributed by atoms with van der Waals surface area (Å²) in [5, 5.41) is 0.542. The zero-order chi connectivity index (χ0) is 25.0. The molecule has 0 aliphatic carbocycles. The zero-order valence-corrected chi connectivity index (χ0v) is 21.1. The molecule has 1 amide bonds. The quantitative estimate of drug-likeness (QED) is 0.427. The molecule has 1 aromatic heterocycles. The molecule has 1 aliphatic heterocycles. The third kappa shape index (κ3) is 6.02. The predicted octanol–water partition coefficient (Wildman–Crippen LogP) is 5.68. The first kappa shape index (κ1) is 24.8. The number of nitrogens with zero attached hydrogens (tertiary/aromatic N) is 3. The van der Waals surface area contributed by atoms with Crippen LogP contribution in [-0.4, -0.2) is 45.8 Å². The second-order valence-electron chi connectivity index (χ2n) is 10.1. The van der Waals surface area contributed by atoms with E-state index in [2.05, 4.69) is 24.0 Å². The van der Waals surface area contributed by atoms with Crippen molar-refractivity contribution in [2.75, 3.05) is 19.7 Å². The van der Waals surface area contributed by atoms with Crippen molar-refractivity contribution >= 4 is 17.0 Å². The largest absolute Gasteiger partial charge is 0.494 e. The van der Waals surface area contributed by atoms with Crippen LogP contribution in [0.5, 0.6) is 5.75 Å². The Hall–Kier alpha value is -3.35. The summed E-state index contributed by atoms with van der Waals surface area (Å²) in [4.78, 5) is 31.8. The van der Waals surface area contributed by atoms with Crippen molar-refractivity contribution in [3.05, 3.63) is 64.7 Å². The van der Waals surface area contributed by atoms with Crippen molar-refractivity contribution in [2.45, 2.75) is 64.9 Å². The molecule has 1 aliphatic rings. The Balaban J connectivity index is 1.46. The number of rotatable bonds is 6. The minimum atomic E-state index is -0.483. The van der Waals surface area contributed by atoms with E-state index >= 15 is 0 Å². The maximum absolute atomic E-state index is 13.2. The molecule has 35 heavy (non-hydrogen) atoms. The van der Waals surface area contributed by atoms with E-state index in [1.54, 1.807) is 21.9 Å². The number of aromatic nitrogens is 2. The van der Waals surface area contributed by atoms with Crippen LogP contribution in [0.25, 0.3) is 16.6 Å². The summed E-state index contributed by atoms with van der Waals surface area (Å²) < 4.78 is 12.8. The maximum Gasteiger partial charge on any atom is 0.410 e. The molecule has 0 radical (unpaired) electrons. The molecule has 0 atom stereocenters. The van der Waals surface area contributed by atoms with Crippen molar-refractivity contribution in [1.29, 1.82) is 0 Å². The fourth-order valence-corrected chi connectivity index (χ4v) is 4.34. The first-order valence-electron chi connectivity index (χ1n) is 12.5. The molecule has 1 fully saturated rings. The van der Waals surface area contributed by atoms with E-state index in [1.165, 1.54) is 5.56 Å². The maximum atomic E-state index is 13.2. The number of ether oxygens (including phenoxy) is 2. The van der Waals surface area contributed by atoms with Crippen LogP contribution in [0.2, 0.25) is 0 Å². The van der Waals surface area contributed by atoms with E-state index in [0.29, 0.717) is 42.3 Å². The molecule has 4 rings (SSSR count). The lowest BCUT2D eigenvalue weighted by Crippen LogP contribution is -2.41. The van der Waals surface area contributed by atoms with Gasteiger partial charge >= 0.3 is 6.09 Å². The van der Waals surface area contributed by atoms with Crippen LogP contribution in [-0.2, 0) is 4.74 Å². The Labute approximate surface area is 206 Å². The molecule has 0 bridgehead atoms. The van der Waals surface area contributed by atoms with Crippen molar-refractivity contribution in [2.24, 2.45) is 0 Å². The fourth-order valence-electron chi connectivity index (χ4n) is 4.34. The summed E-state index contributed by atoms with van der Waals surface area (Å²) in [6, 6.07) is 13.5. The number of piperidine rings is 1. The second kappa shape index (κ2) is 10.5. The number of likely N-dealkylation sites (tertiary alicyclic amines) is 1. The molecular formula is C28H35N3O4. The van der Waals surface area contributed by atoms with Gasteiger partial charge in [0.05, 0.1) is 23.2 Å². The molecule has 0 unspecified atom stereocenters. The van der Waals surface area contributed by atoms with Gasteiger partial charge < -0.3 is 14.4 Å². The highest BCUT2D eigenvalue weighted by Gasteiger charge is 2.27. The van der Waals surface area contributed by atoms with Gasteiger partial charge in [0.2, 0.25) is 0 Å². The van der Waals surface area contributed by atoms with E-state index < -0.39 is 5.60 Å². The van der Waals surface area contributed by atoms with Crippen molar-refractivity contribution in [3.8, 4) is 11.4 Å². The zero-order valence-electron chi connectivity index (χ0n) is 21.1. The van der Waals surface area contributed by atoms with Gasteiger partial charge in [0.1, 0.15) is 17.7 Å². The number of unbranched alkanes of at least 4 members (excludes halogenated alkanes) is 1. The number of benzene rings is 2. The number of carbonyl (C=O) groups is 1. The number of fused-ring (bicyclic) bond motifs is 1. The molecule has 1 saturated heterocycles. The lowest BCUT2D eigenvalue weighted by Gasteiger charge is -2.33. The lowest BCUT2D eigenvalue weighted by molar-refractivity contribution is 0.0205. The highest BCUT2D eigenvalue weighted by Crippen LogP contribution is 2.29. The van der Waals surface area contributed by atoms with Gasteiger partial charge in [-0.05, 0) is 81.8 Å². The van der Waals surface area contributed by atoms with Gasteiger partial charge in [-0.15, -0.1) is 0 Å². The topological polar surface area (TPSA) is 73.7 Å². The molecule has 7 nitrogen and oxygen atoms in total. The Morgan fingerprint density at radius 1 is 1.09 bits per heavy atom. The SMILES string of the molecule is CCCCOc1ccc2ncn(-c3ccc(C4CCN(C(=O)OC(C)(C)C)CC4)cc3)c(=O)c2c1. The van der Waals surface area contributed by atoms with E-state index in [9.17, 15) is 9.59 Å². The minimum Gasteiger partial charge on any atom is -0.494 e. The number of amides is 1. The molecule has 0 saturated carbocycles. The smallest absolute Gasteiger partial charge is 0.410 e. The lowest BCUT2D eigenvalue weighted by atomic mass is 9.89. The standard InChI is InChI=1S/C28H35N3O4/c1-5-6-17-34-23-11-12-25-24(18-23)26(32)31(19-29-25)22-9-7-20(8-10-22)21-13-15-30(16-14-21)27(33)35-28(2,3)4/h7-12,18-19,21H,5-6,13-17H2,1-4H3. The van der Waals surface area contributed by atoms with Gasteiger partial charge in [-0.3, -0.25) is 9.36 Å². The first-order valence-corrected chi connectivity index (χ1v) is 12.5. The first-order chi connectivity index (χ1) is 16.7. The summed E-state index contributed by atoms with van der Waals surface area (Å²) in [6.45, 7) is 9.76. The average molecular weight is 478 g/mol. The number of hydrogen-bond acceptors (Lipinski definition) is 5. The summed E-state index contributed by atoms with van der Waals surface area (Å²) >= 11 is 0. The van der Waals surface area contributed by atoms with E-state index in [4.69, 9.17) is 9.47 Å². The third-order valence-corrected chi connectivity index (χ3v) is 6.29. The van der Waals surface area contributed by atoms with Gasteiger partial charge in [-0.25, -0.2) is 9.78 Å². The molecule has 0 spiro atoms. The summed E-state index contributed by atoms with van der Waals surface area (Å²) in [6.07, 6.45) is 5.14. The third-order valence-electron chi connectivity index (χ3n) is 6.29. The van der Waals surface area contributed by atoms with Crippen LogP contribution >= 0.6 is 0 Å². The fraction of sp³-hybridized carbons (Fsp3) is 0.464. The van der Waals surface area contributed by atoms with Gasteiger partial charge in [0.25, 0.3) is 5.56 Å². The van der Waals surface area contributed by atoms with E-state index in [1.807, 2.05) is 45.0 Å². The normalized spacial score (nSPS) is 14.8. The molecule has 2 aromatic carbocycles. The Kier molecular flexibility index (Phi) is 7.43. The van der Waals surface area contributed by atoms with Crippen LogP contribution in [0.15, 0.2) is 53.6 Å². The molecule has 2 heterocycles. The van der Waals surface area contributed by atoms with E-state index in [0.717, 1.165) is 31.4 Å². The summed E-state index contributed by atoms with van der Waals surface area (Å²) in [5.74, 6) is 1.06. The van der Waals surface area contributed by atoms with Crippen LogP contribution in [0.1, 0.15) is 64.9 Å². The Bertz CT molecular complexity index is 1220. The Morgan fingerprint density at radius 3 is 2.46 bits per heavy atom. The van der Waals surface area contributed by atoms with Gasteiger partial charge in [-0.2, -0.15) is 0 Å². The number of hydrogen-bond donors (Lipinski definition) is 0. The monoisotopic (exact) mass is 477 g/mol. The molecule has 186 valence electrons. The highest BCUT2D eigenvalue weighted by atomic mass is 16.6. The van der Waals surface area contributed by atoms with Crippen LogP contribution in [0.4, 0.5) is 4.79 Å². The molecular weight excluding hydrogens is 442 g/mol. The number of carbonyl (C=O) groups excluding carboxylic acids is 1. The van der Waals surface area contributed by atoms with Gasteiger partial charge in [0.15, 0.2) is 0 Å². The average Bonchev–Trinajstić information content (AvgIpc) is 2.84. The minimum absolute atomic E-state index is 0.116. The highest BCUT2D eigenvalue weighted by molar-refractivity contribution is 5.79. The van der Waals surface area contributed by atoms with Crippen molar-refractivity contribution in [3.63, 3.8) is 0 Å². The summed E-state index contributed by atoms with van der Waals surface area (Å²) in [7, 11) is 0. The van der Waals surface area contributed by atoms with Crippen molar-refractivity contribution < 1.29 is 14.3 Å². The van der Waals surface area contributed by atoms with Gasteiger partial charge in [0, 0.05) is 13.1 Å². The summed E-state index contributed by atoms with van der Waals surface area (Å²) in [5.41, 5.74) is 2.04. The van der Waals surface area contributed by atoms with Crippen LogP contribution in [0, 0.1) is 0 Å². The van der Waals surface area contributed by atoms with Crippen LogP contribution < -0.4 is 10.3 Å². The molecule has 7 heteroatoms. The second-order valence-corrected chi connectivity index (χ2v) is 10.1. The van der Waals surface area contributed by atoms with Crippen molar-refractivity contribution in [1.82, 2.24) is 14.5 Å². The predicted molar refractivity (Wildman–Crippen MR) is 138 cm³/mol.